The quantitative estimate of drug-likeness (QED) is 0.885. The van der Waals surface area contributed by atoms with Crippen molar-refractivity contribution in [2.24, 2.45) is 0 Å². The van der Waals surface area contributed by atoms with Gasteiger partial charge in [-0.05, 0) is 12.1 Å². The normalized spacial score (nSPS) is 17.7. The molecule has 1 fully saturated rings. The van der Waals surface area contributed by atoms with Gasteiger partial charge in [0.15, 0.2) is 0 Å². The van der Waals surface area contributed by atoms with Crippen LogP contribution in [-0.2, 0) is 0 Å². The number of aromatic nitrogens is 3. The van der Waals surface area contributed by atoms with Crippen molar-refractivity contribution in [1.82, 2.24) is 19.9 Å². The number of hydrogen-bond donors (Lipinski definition) is 1. The minimum atomic E-state index is -0.374. The molecule has 0 spiro atoms. The lowest BCUT2D eigenvalue weighted by Gasteiger charge is -2.16. The standard InChI is InChI=1S/C14H14N4O3/c19-13-11(2-1-4-17-13)14(20)18-7-3-10(9-18)21-12-8-15-5-6-16-12/h1-2,4-6,8,10H,3,7,9H2,(H,17,19). The number of nitrogens with one attached hydrogen (secondary N) is 1. The lowest BCUT2D eigenvalue weighted by molar-refractivity contribution is 0.0769. The topological polar surface area (TPSA) is 88.2 Å². The van der Waals surface area contributed by atoms with Gasteiger partial charge in [-0.3, -0.25) is 14.6 Å². The molecule has 1 atom stereocenters. The van der Waals surface area contributed by atoms with Crippen molar-refractivity contribution in [2.75, 3.05) is 13.1 Å². The first-order valence-corrected chi connectivity index (χ1v) is 6.63. The van der Waals surface area contributed by atoms with Crippen LogP contribution in [0.15, 0.2) is 41.7 Å². The molecule has 0 saturated carbocycles. The molecule has 21 heavy (non-hydrogen) atoms. The van der Waals surface area contributed by atoms with Gasteiger partial charge in [0.1, 0.15) is 11.7 Å². The van der Waals surface area contributed by atoms with E-state index < -0.39 is 0 Å². The second-order valence-electron chi connectivity index (χ2n) is 4.74. The number of H-pyrrole nitrogens is 1. The van der Waals surface area contributed by atoms with Gasteiger partial charge < -0.3 is 14.6 Å². The molecule has 108 valence electrons. The summed E-state index contributed by atoms with van der Waals surface area (Å²) < 4.78 is 5.67. The van der Waals surface area contributed by atoms with E-state index in [-0.39, 0.29) is 23.1 Å². The van der Waals surface area contributed by atoms with Gasteiger partial charge in [0, 0.05) is 31.6 Å². The molecule has 1 amide bonds. The number of carbonyl (C=O) groups excluding carboxylic acids is 1. The fourth-order valence-corrected chi connectivity index (χ4v) is 2.29. The molecule has 7 heteroatoms. The molecule has 0 bridgehead atoms. The first kappa shape index (κ1) is 13.3. The van der Waals surface area contributed by atoms with Gasteiger partial charge in [0.25, 0.3) is 11.5 Å². The van der Waals surface area contributed by atoms with Crippen LogP contribution in [0.1, 0.15) is 16.8 Å². The van der Waals surface area contributed by atoms with E-state index in [2.05, 4.69) is 15.0 Å². The highest BCUT2D eigenvalue weighted by atomic mass is 16.5. The Balaban J connectivity index is 1.66. The number of carbonyl (C=O) groups is 1. The summed E-state index contributed by atoms with van der Waals surface area (Å²) in [5.41, 5.74) is -0.224. The Morgan fingerprint density at radius 3 is 3.10 bits per heavy atom. The van der Waals surface area contributed by atoms with Gasteiger partial charge in [-0.15, -0.1) is 0 Å². The van der Waals surface area contributed by atoms with Crippen LogP contribution in [0.3, 0.4) is 0 Å². The Labute approximate surface area is 120 Å². The summed E-state index contributed by atoms with van der Waals surface area (Å²) in [6.07, 6.45) is 6.73. The molecule has 1 unspecified atom stereocenters. The highest BCUT2D eigenvalue weighted by Crippen LogP contribution is 2.16. The third-order valence-corrected chi connectivity index (χ3v) is 3.31. The number of hydrogen-bond acceptors (Lipinski definition) is 5. The molecule has 2 aromatic heterocycles. The summed E-state index contributed by atoms with van der Waals surface area (Å²) in [5, 5.41) is 0. The number of pyridine rings is 1. The first-order valence-electron chi connectivity index (χ1n) is 6.63. The van der Waals surface area contributed by atoms with Crippen molar-refractivity contribution in [2.45, 2.75) is 12.5 Å². The lowest BCUT2D eigenvalue weighted by Crippen LogP contribution is -2.34. The van der Waals surface area contributed by atoms with Crippen LogP contribution in [0.2, 0.25) is 0 Å². The summed E-state index contributed by atoms with van der Waals surface area (Å²) in [6, 6.07) is 3.16. The van der Waals surface area contributed by atoms with Gasteiger partial charge in [-0.2, -0.15) is 0 Å². The Hall–Kier alpha value is -2.70. The highest BCUT2D eigenvalue weighted by Gasteiger charge is 2.29. The second-order valence-corrected chi connectivity index (χ2v) is 4.74. The zero-order chi connectivity index (χ0) is 14.7. The first-order chi connectivity index (χ1) is 10.2. The highest BCUT2D eigenvalue weighted by molar-refractivity contribution is 5.94. The Morgan fingerprint density at radius 2 is 2.33 bits per heavy atom. The zero-order valence-corrected chi connectivity index (χ0v) is 11.2. The second kappa shape index (κ2) is 5.74. The summed E-state index contributed by atoms with van der Waals surface area (Å²) in [5.74, 6) is 0.163. The fraction of sp³-hybridized carbons (Fsp3) is 0.286. The predicted octanol–water partition coefficient (Wildman–Crippen LogP) is 0.458. The maximum Gasteiger partial charge on any atom is 0.260 e. The van der Waals surface area contributed by atoms with E-state index >= 15 is 0 Å². The van der Waals surface area contributed by atoms with Crippen LogP contribution < -0.4 is 10.3 Å². The molecule has 1 aliphatic rings. The average molecular weight is 286 g/mol. The molecular formula is C14H14N4O3. The molecule has 1 aliphatic heterocycles. The zero-order valence-electron chi connectivity index (χ0n) is 11.2. The van der Waals surface area contributed by atoms with Crippen LogP contribution >= 0.6 is 0 Å². The van der Waals surface area contributed by atoms with Crippen LogP contribution in [0.5, 0.6) is 5.88 Å². The van der Waals surface area contributed by atoms with E-state index in [9.17, 15) is 9.59 Å². The molecule has 0 aliphatic carbocycles. The minimum Gasteiger partial charge on any atom is -0.471 e. The van der Waals surface area contributed by atoms with Gasteiger partial charge in [0.2, 0.25) is 5.88 Å². The largest absolute Gasteiger partial charge is 0.471 e. The Bertz CT molecular complexity index is 686. The van der Waals surface area contributed by atoms with E-state index in [0.29, 0.717) is 25.4 Å². The summed E-state index contributed by atoms with van der Waals surface area (Å²) in [7, 11) is 0. The number of nitrogens with zero attached hydrogens (tertiary/aromatic N) is 3. The van der Waals surface area contributed by atoms with E-state index in [1.165, 1.54) is 18.5 Å². The molecular weight excluding hydrogens is 272 g/mol. The third-order valence-electron chi connectivity index (χ3n) is 3.31. The smallest absolute Gasteiger partial charge is 0.260 e. The number of rotatable bonds is 3. The van der Waals surface area contributed by atoms with Crippen molar-refractivity contribution in [3.05, 3.63) is 52.8 Å². The maximum absolute atomic E-state index is 12.3. The van der Waals surface area contributed by atoms with Crippen molar-refractivity contribution in [1.29, 1.82) is 0 Å². The van der Waals surface area contributed by atoms with Crippen LogP contribution in [0.4, 0.5) is 0 Å². The van der Waals surface area contributed by atoms with E-state index in [1.807, 2.05) is 0 Å². The lowest BCUT2D eigenvalue weighted by atomic mass is 10.2. The van der Waals surface area contributed by atoms with Gasteiger partial charge >= 0.3 is 0 Å². The van der Waals surface area contributed by atoms with Crippen LogP contribution in [0.25, 0.3) is 0 Å². The van der Waals surface area contributed by atoms with Gasteiger partial charge in [-0.25, -0.2) is 4.98 Å². The molecule has 0 aromatic carbocycles. The molecule has 3 rings (SSSR count). The Kier molecular flexibility index (Phi) is 3.63. The number of aromatic amines is 1. The summed E-state index contributed by atoms with van der Waals surface area (Å²) in [6.45, 7) is 0.988. The van der Waals surface area contributed by atoms with Crippen molar-refractivity contribution in [3.63, 3.8) is 0 Å². The monoisotopic (exact) mass is 286 g/mol. The minimum absolute atomic E-state index is 0.131. The Morgan fingerprint density at radius 1 is 1.43 bits per heavy atom. The number of amides is 1. The van der Waals surface area contributed by atoms with Crippen molar-refractivity contribution >= 4 is 5.91 Å². The molecule has 7 nitrogen and oxygen atoms in total. The van der Waals surface area contributed by atoms with Crippen LogP contribution in [0, 0.1) is 0 Å². The van der Waals surface area contributed by atoms with E-state index in [1.54, 1.807) is 23.4 Å². The predicted molar refractivity (Wildman–Crippen MR) is 74.0 cm³/mol. The molecule has 1 saturated heterocycles. The molecule has 2 aromatic rings. The fourth-order valence-electron chi connectivity index (χ4n) is 2.29. The van der Waals surface area contributed by atoms with E-state index in [4.69, 9.17) is 4.74 Å². The van der Waals surface area contributed by atoms with Crippen LogP contribution in [-0.4, -0.2) is 45.0 Å². The number of likely N-dealkylation sites (tertiary alicyclic amines) is 1. The van der Waals surface area contributed by atoms with Gasteiger partial charge in [-0.1, -0.05) is 0 Å². The molecule has 0 radical (unpaired) electrons. The number of ether oxygens (including phenoxy) is 1. The van der Waals surface area contributed by atoms with Crippen molar-refractivity contribution < 1.29 is 9.53 Å². The van der Waals surface area contributed by atoms with Crippen molar-refractivity contribution in [3.8, 4) is 5.88 Å². The van der Waals surface area contributed by atoms with Gasteiger partial charge in [0.05, 0.1) is 12.7 Å². The molecule has 1 N–H and O–H groups in total. The summed E-state index contributed by atoms with van der Waals surface area (Å²) >= 11 is 0. The maximum atomic E-state index is 12.3. The average Bonchev–Trinajstić information content (AvgIpc) is 2.97. The molecule has 3 heterocycles. The third kappa shape index (κ3) is 2.91. The van der Waals surface area contributed by atoms with E-state index in [0.717, 1.165) is 0 Å². The SMILES string of the molecule is O=C(c1ccc[nH]c1=O)N1CCC(Oc2cnccn2)C1. The summed E-state index contributed by atoms with van der Waals surface area (Å²) in [4.78, 5) is 36.0.